The fourth-order valence-corrected chi connectivity index (χ4v) is 3.63. The van der Waals surface area contributed by atoms with E-state index in [-0.39, 0.29) is 18.6 Å². The van der Waals surface area contributed by atoms with Crippen molar-refractivity contribution in [2.24, 2.45) is 0 Å². The third-order valence-electron chi connectivity index (χ3n) is 4.89. The highest BCUT2D eigenvalue weighted by Gasteiger charge is 2.36. The molecule has 0 atom stereocenters. The van der Waals surface area contributed by atoms with Crippen molar-refractivity contribution in [3.8, 4) is 0 Å². The van der Waals surface area contributed by atoms with E-state index in [1.54, 1.807) is 0 Å². The van der Waals surface area contributed by atoms with Crippen molar-refractivity contribution < 1.29 is 31.3 Å². The van der Waals surface area contributed by atoms with Crippen LogP contribution in [0.15, 0.2) is 0 Å². The average Bonchev–Trinajstić information content (AvgIpc) is 2.59. The van der Waals surface area contributed by atoms with E-state index in [2.05, 4.69) is 5.32 Å². The molecule has 0 aromatic carbocycles. The minimum atomic E-state index is -5.55. The smallest absolute Gasteiger partial charge is 0.407 e. The molecular formula is C18H32F2NO5S-. The van der Waals surface area contributed by atoms with Crippen molar-refractivity contribution in [3.63, 3.8) is 0 Å². The Morgan fingerprint density at radius 3 is 2.04 bits per heavy atom. The third-order valence-corrected chi connectivity index (χ3v) is 5.82. The van der Waals surface area contributed by atoms with Gasteiger partial charge in [0.05, 0.1) is 6.61 Å². The molecule has 1 rings (SSSR count). The second-order valence-electron chi connectivity index (χ2n) is 7.29. The first kappa shape index (κ1) is 24.1. The van der Waals surface area contributed by atoms with Crippen LogP contribution < -0.4 is 5.32 Å². The van der Waals surface area contributed by atoms with Crippen molar-refractivity contribution >= 4 is 16.2 Å². The standard InChI is InChI=1S/C18H33F2NO5S/c19-18(20,27(23,24)25)14-10-5-3-1-2-4-6-11-15-26-17(22)21-16-12-8-7-9-13-16/h16H,1-15H2,(H,21,22)(H,23,24,25)/p-1. The van der Waals surface area contributed by atoms with Gasteiger partial charge >= 0.3 is 11.3 Å². The summed E-state index contributed by atoms with van der Waals surface area (Å²) in [6, 6.07) is 0.250. The predicted molar refractivity (Wildman–Crippen MR) is 97.6 cm³/mol. The van der Waals surface area contributed by atoms with E-state index in [0.717, 1.165) is 64.2 Å². The quantitative estimate of drug-likeness (QED) is 0.350. The Hall–Kier alpha value is -0.960. The van der Waals surface area contributed by atoms with Crippen LogP contribution in [0.4, 0.5) is 13.6 Å². The number of carbonyl (C=O) groups excluding carboxylic acids is 1. The van der Waals surface area contributed by atoms with Gasteiger partial charge < -0.3 is 14.6 Å². The topological polar surface area (TPSA) is 95.5 Å². The maximum atomic E-state index is 12.9. The van der Waals surface area contributed by atoms with Gasteiger partial charge in [0.1, 0.15) is 0 Å². The van der Waals surface area contributed by atoms with Crippen LogP contribution >= 0.6 is 0 Å². The Bertz CT molecular complexity index is 522. The molecule has 0 aromatic heterocycles. The Morgan fingerprint density at radius 2 is 1.48 bits per heavy atom. The molecule has 0 aliphatic heterocycles. The molecule has 0 unspecified atom stereocenters. The molecule has 1 aliphatic rings. The van der Waals surface area contributed by atoms with E-state index in [0.29, 0.717) is 13.0 Å². The Morgan fingerprint density at radius 1 is 0.963 bits per heavy atom. The zero-order valence-corrected chi connectivity index (χ0v) is 16.7. The summed E-state index contributed by atoms with van der Waals surface area (Å²) >= 11 is 0. The summed E-state index contributed by atoms with van der Waals surface area (Å²) in [5.41, 5.74) is 0. The average molecular weight is 413 g/mol. The van der Waals surface area contributed by atoms with E-state index < -0.39 is 21.8 Å². The van der Waals surface area contributed by atoms with Crippen LogP contribution in [0.3, 0.4) is 0 Å². The van der Waals surface area contributed by atoms with Gasteiger partial charge in [-0.2, -0.15) is 8.78 Å². The van der Waals surface area contributed by atoms with Crippen molar-refractivity contribution in [1.82, 2.24) is 5.32 Å². The van der Waals surface area contributed by atoms with Crippen molar-refractivity contribution in [3.05, 3.63) is 0 Å². The van der Waals surface area contributed by atoms with Crippen LogP contribution in [0.25, 0.3) is 0 Å². The maximum Gasteiger partial charge on any atom is 0.407 e. The summed E-state index contributed by atoms with van der Waals surface area (Å²) in [6.07, 6.45) is 10.1. The monoisotopic (exact) mass is 412 g/mol. The van der Waals surface area contributed by atoms with Crippen LogP contribution in [-0.2, 0) is 14.9 Å². The molecule has 0 spiro atoms. The first-order chi connectivity index (χ1) is 12.7. The highest BCUT2D eigenvalue weighted by Crippen LogP contribution is 2.27. The van der Waals surface area contributed by atoms with Crippen LogP contribution in [0.2, 0.25) is 0 Å². The van der Waals surface area contributed by atoms with Gasteiger partial charge in [0.2, 0.25) is 0 Å². The van der Waals surface area contributed by atoms with Gasteiger partial charge in [0.25, 0.3) is 0 Å². The Labute approximate surface area is 161 Å². The second kappa shape index (κ2) is 12.5. The van der Waals surface area contributed by atoms with Gasteiger partial charge in [-0.25, -0.2) is 13.2 Å². The molecule has 1 N–H and O–H groups in total. The van der Waals surface area contributed by atoms with Crippen LogP contribution in [0, 0.1) is 0 Å². The zero-order chi connectivity index (χ0) is 20.2. The van der Waals surface area contributed by atoms with E-state index in [1.807, 2.05) is 0 Å². The highest BCUT2D eigenvalue weighted by atomic mass is 32.2. The van der Waals surface area contributed by atoms with Crippen molar-refractivity contribution in [2.45, 2.75) is 101 Å². The van der Waals surface area contributed by atoms with Crippen LogP contribution in [0.1, 0.15) is 89.9 Å². The molecule has 0 aromatic rings. The fraction of sp³-hybridized carbons (Fsp3) is 0.944. The molecule has 1 fully saturated rings. The third kappa shape index (κ3) is 10.8. The van der Waals surface area contributed by atoms with Crippen molar-refractivity contribution in [1.29, 1.82) is 0 Å². The number of nitrogens with one attached hydrogen (secondary N) is 1. The lowest BCUT2D eigenvalue weighted by Gasteiger charge is -2.22. The number of hydrogen-bond acceptors (Lipinski definition) is 5. The SMILES string of the molecule is O=C(NC1CCCCC1)OCCCCCCCCCCC(F)(F)S(=O)(=O)[O-]. The summed E-state index contributed by atoms with van der Waals surface area (Å²) < 4.78 is 62.1. The number of ether oxygens (including phenoxy) is 1. The molecular weight excluding hydrogens is 380 g/mol. The molecule has 0 radical (unpaired) electrons. The summed E-state index contributed by atoms with van der Waals surface area (Å²) in [5.74, 6) is 0. The minimum absolute atomic E-state index is 0.0262. The number of halogens is 2. The number of amides is 1. The number of hydrogen-bond donors (Lipinski definition) is 1. The number of alkyl halides is 2. The first-order valence-electron chi connectivity index (χ1n) is 9.99. The van der Waals surface area contributed by atoms with Crippen molar-refractivity contribution in [2.75, 3.05) is 6.61 Å². The van der Waals surface area contributed by atoms with E-state index in [1.165, 1.54) is 6.42 Å². The van der Waals surface area contributed by atoms with Gasteiger partial charge in [0.15, 0.2) is 10.1 Å². The molecule has 6 nitrogen and oxygen atoms in total. The molecule has 9 heteroatoms. The molecule has 27 heavy (non-hydrogen) atoms. The molecule has 0 heterocycles. The number of unbranched alkanes of at least 4 members (excludes halogenated alkanes) is 7. The molecule has 1 saturated carbocycles. The molecule has 0 bridgehead atoms. The largest absolute Gasteiger partial charge is 0.743 e. The van der Waals surface area contributed by atoms with Gasteiger partial charge in [-0.1, -0.05) is 57.8 Å². The number of alkyl carbamates (subject to hydrolysis) is 1. The summed E-state index contributed by atoms with van der Waals surface area (Å²) in [6.45, 7) is 0.400. The zero-order valence-electron chi connectivity index (χ0n) is 15.9. The Balaban J connectivity index is 1.88. The van der Waals surface area contributed by atoms with E-state index >= 15 is 0 Å². The van der Waals surface area contributed by atoms with E-state index in [4.69, 9.17) is 4.74 Å². The van der Waals surface area contributed by atoms with Gasteiger partial charge in [0, 0.05) is 12.5 Å². The molecule has 160 valence electrons. The number of rotatable bonds is 13. The van der Waals surface area contributed by atoms with Gasteiger partial charge in [-0.15, -0.1) is 0 Å². The van der Waals surface area contributed by atoms with E-state index in [9.17, 15) is 26.5 Å². The van der Waals surface area contributed by atoms with Gasteiger partial charge in [-0.05, 0) is 25.7 Å². The Kier molecular flexibility index (Phi) is 11.1. The summed E-state index contributed by atoms with van der Waals surface area (Å²) in [7, 11) is -5.55. The van der Waals surface area contributed by atoms with Crippen LogP contribution in [-0.4, -0.2) is 37.0 Å². The predicted octanol–water partition coefficient (Wildman–Crippen LogP) is 4.69. The highest BCUT2D eigenvalue weighted by molar-refractivity contribution is 7.86. The molecule has 1 amide bonds. The maximum absolute atomic E-state index is 12.9. The fourth-order valence-electron chi connectivity index (χ4n) is 3.24. The van der Waals surface area contributed by atoms with Crippen LogP contribution in [0.5, 0.6) is 0 Å². The summed E-state index contributed by atoms with van der Waals surface area (Å²) in [4.78, 5) is 11.6. The molecule has 0 saturated heterocycles. The lowest BCUT2D eigenvalue weighted by molar-refractivity contribution is 0.0670. The second-order valence-corrected chi connectivity index (χ2v) is 8.79. The normalized spacial score (nSPS) is 16.3. The first-order valence-corrected chi connectivity index (χ1v) is 11.4. The lowest BCUT2D eigenvalue weighted by atomic mass is 9.96. The summed E-state index contributed by atoms with van der Waals surface area (Å²) in [5, 5.41) is -1.26. The lowest BCUT2D eigenvalue weighted by Crippen LogP contribution is -2.36. The molecule has 1 aliphatic carbocycles. The number of carbonyl (C=O) groups is 1. The van der Waals surface area contributed by atoms with Gasteiger partial charge in [-0.3, -0.25) is 0 Å². The minimum Gasteiger partial charge on any atom is -0.743 e.